The molecular weight excluding hydrogens is 288 g/mol. The standard InChI is InChI=1S/C20H34O3/c1-14(2)20(23)10-9-15(3)7-6-8-16(4)11-18(21)12-17(5)19(22)13-20/h8-10,12,14-15,18-19,21-23H,6-7,11,13H2,1-5H3/b10-9+,16-8+,17-12+/t15-,18?,19+,20-/m0/s1. The van der Waals surface area contributed by atoms with Gasteiger partial charge >= 0.3 is 0 Å². The Morgan fingerprint density at radius 3 is 2.48 bits per heavy atom. The average Bonchev–Trinajstić information content (AvgIpc) is 2.43. The van der Waals surface area contributed by atoms with Crippen LogP contribution in [0.1, 0.15) is 60.3 Å². The summed E-state index contributed by atoms with van der Waals surface area (Å²) in [7, 11) is 0. The SMILES string of the molecule is C/C1=C\CC[C@H](C)/C=C/[C@@](O)(C(C)C)C[C@@H](O)/C(C)=C/C(O)C1. The summed E-state index contributed by atoms with van der Waals surface area (Å²) in [5.41, 5.74) is 0.842. The van der Waals surface area contributed by atoms with Crippen LogP contribution in [0.4, 0.5) is 0 Å². The van der Waals surface area contributed by atoms with Crippen LogP contribution < -0.4 is 0 Å². The minimum atomic E-state index is -1.04. The second-order valence-electron chi connectivity index (χ2n) is 7.51. The predicted octanol–water partition coefficient (Wildman–Crippen LogP) is 3.75. The van der Waals surface area contributed by atoms with Crippen molar-refractivity contribution in [2.24, 2.45) is 11.8 Å². The molecule has 1 aliphatic carbocycles. The number of hydrogen-bond donors (Lipinski definition) is 3. The van der Waals surface area contributed by atoms with E-state index in [4.69, 9.17) is 0 Å². The molecule has 132 valence electrons. The van der Waals surface area contributed by atoms with Gasteiger partial charge in [-0.15, -0.1) is 0 Å². The molecule has 0 amide bonds. The highest BCUT2D eigenvalue weighted by Crippen LogP contribution is 2.28. The van der Waals surface area contributed by atoms with Crippen molar-refractivity contribution in [1.82, 2.24) is 0 Å². The lowest BCUT2D eigenvalue weighted by atomic mass is 9.82. The molecule has 0 aromatic heterocycles. The monoisotopic (exact) mass is 322 g/mol. The van der Waals surface area contributed by atoms with Gasteiger partial charge in [-0.3, -0.25) is 0 Å². The van der Waals surface area contributed by atoms with E-state index < -0.39 is 17.8 Å². The minimum Gasteiger partial charge on any atom is -0.389 e. The molecule has 23 heavy (non-hydrogen) atoms. The summed E-state index contributed by atoms with van der Waals surface area (Å²) in [4.78, 5) is 0. The van der Waals surface area contributed by atoms with Crippen molar-refractivity contribution < 1.29 is 15.3 Å². The molecule has 1 rings (SSSR count). The van der Waals surface area contributed by atoms with Crippen molar-refractivity contribution in [3.8, 4) is 0 Å². The number of allylic oxidation sites excluding steroid dienone is 2. The van der Waals surface area contributed by atoms with Crippen LogP contribution in [0.25, 0.3) is 0 Å². The smallest absolute Gasteiger partial charge is 0.0878 e. The second kappa shape index (κ2) is 8.81. The average molecular weight is 322 g/mol. The van der Waals surface area contributed by atoms with Gasteiger partial charge in [0.05, 0.1) is 17.8 Å². The highest BCUT2D eigenvalue weighted by molar-refractivity contribution is 5.15. The first-order valence-corrected chi connectivity index (χ1v) is 8.76. The Labute approximate surface area is 141 Å². The number of aliphatic hydroxyl groups is 3. The van der Waals surface area contributed by atoms with Crippen LogP contribution in [0.3, 0.4) is 0 Å². The molecule has 3 N–H and O–H groups in total. The first kappa shape index (κ1) is 20.1. The summed E-state index contributed by atoms with van der Waals surface area (Å²) in [6, 6.07) is 0. The molecule has 0 fully saturated rings. The summed E-state index contributed by atoms with van der Waals surface area (Å²) in [6.45, 7) is 9.91. The van der Waals surface area contributed by atoms with Gasteiger partial charge in [-0.05, 0) is 50.5 Å². The Morgan fingerprint density at radius 1 is 1.22 bits per heavy atom. The van der Waals surface area contributed by atoms with Gasteiger partial charge in [0, 0.05) is 6.42 Å². The molecule has 0 saturated carbocycles. The lowest BCUT2D eigenvalue weighted by Crippen LogP contribution is -2.37. The zero-order valence-corrected chi connectivity index (χ0v) is 15.3. The maximum Gasteiger partial charge on any atom is 0.0878 e. The molecule has 0 radical (unpaired) electrons. The Kier molecular flexibility index (Phi) is 7.72. The lowest BCUT2D eigenvalue weighted by Gasteiger charge is -2.32. The van der Waals surface area contributed by atoms with E-state index in [0.717, 1.165) is 12.8 Å². The largest absolute Gasteiger partial charge is 0.389 e. The fraction of sp³-hybridized carbons (Fsp3) is 0.700. The third-order valence-corrected chi connectivity index (χ3v) is 4.86. The number of aliphatic hydroxyl groups excluding tert-OH is 2. The van der Waals surface area contributed by atoms with Gasteiger partial charge in [0.2, 0.25) is 0 Å². The fourth-order valence-corrected chi connectivity index (χ4v) is 2.87. The topological polar surface area (TPSA) is 60.7 Å². The van der Waals surface area contributed by atoms with Gasteiger partial charge in [-0.25, -0.2) is 0 Å². The molecule has 0 aromatic carbocycles. The number of hydrogen-bond acceptors (Lipinski definition) is 3. The Balaban J connectivity index is 3.10. The quantitative estimate of drug-likeness (QED) is 0.644. The van der Waals surface area contributed by atoms with Gasteiger partial charge in [0.15, 0.2) is 0 Å². The highest BCUT2D eigenvalue weighted by atomic mass is 16.3. The molecular formula is C20H34O3. The first-order chi connectivity index (χ1) is 10.6. The highest BCUT2D eigenvalue weighted by Gasteiger charge is 2.31. The van der Waals surface area contributed by atoms with Crippen molar-refractivity contribution in [1.29, 1.82) is 0 Å². The van der Waals surface area contributed by atoms with E-state index in [1.54, 1.807) is 6.08 Å². The zero-order valence-electron chi connectivity index (χ0n) is 15.3. The molecule has 0 aromatic rings. The van der Waals surface area contributed by atoms with E-state index in [-0.39, 0.29) is 12.3 Å². The summed E-state index contributed by atoms with van der Waals surface area (Å²) < 4.78 is 0. The molecule has 3 nitrogen and oxygen atoms in total. The summed E-state index contributed by atoms with van der Waals surface area (Å²) in [5, 5.41) is 31.5. The van der Waals surface area contributed by atoms with E-state index in [1.807, 2.05) is 33.8 Å². The molecule has 0 spiro atoms. The van der Waals surface area contributed by atoms with Crippen LogP contribution in [0.2, 0.25) is 0 Å². The lowest BCUT2D eigenvalue weighted by molar-refractivity contribution is 0.00127. The van der Waals surface area contributed by atoms with Gasteiger partial charge in [-0.1, -0.05) is 50.6 Å². The first-order valence-electron chi connectivity index (χ1n) is 8.76. The molecule has 4 atom stereocenters. The van der Waals surface area contributed by atoms with Crippen LogP contribution in [-0.2, 0) is 0 Å². The van der Waals surface area contributed by atoms with Gasteiger partial charge in [0.25, 0.3) is 0 Å². The summed E-state index contributed by atoms with van der Waals surface area (Å²) in [5.74, 6) is 0.374. The van der Waals surface area contributed by atoms with E-state index in [9.17, 15) is 15.3 Å². The normalized spacial score (nSPS) is 40.7. The second-order valence-corrected chi connectivity index (χ2v) is 7.51. The molecule has 1 unspecified atom stereocenters. The van der Waals surface area contributed by atoms with Gasteiger partial charge in [-0.2, -0.15) is 0 Å². The van der Waals surface area contributed by atoms with E-state index in [1.165, 1.54) is 5.57 Å². The van der Waals surface area contributed by atoms with Crippen LogP contribution in [0.15, 0.2) is 35.5 Å². The zero-order chi connectivity index (χ0) is 17.6. The van der Waals surface area contributed by atoms with E-state index in [2.05, 4.69) is 19.1 Å². The van der Waals surface area contributed by atoms with Crippen molar-refractivity contribution >= 4 is 0 Å². The van der Waals surface area contributed by atoms with Crippen LogP contribution in [0, 0.1) is 11.8 Å². The van der Waals surface area contributed by atoms with Crippen molar-refractivity contribution in [2.75, 3.05) is 0 Å². The van der Waals surface area contributed by atoms with Crippen molar-refractivity contribution in [3.63, 3.8) is 0 Å². The van der Waals surface area contributed by atoms with Gasteiger partial charge in [0.1, 0.15) is 0 Å². The molecule has 1 aliphatic rings. The third kappa shape index (κ3) is 6.62. The van der Waals surface area contributed by atoms with E-state index >= 15 is 0 Å². The maximum absolute atomic E-state index is 10.9. The Morgan fingerprint density at radius 2 is 1.87 bits per heavy atom. The molecule has 0 saturated heterocycles. The molecule has 3 heteroatoms. The minimum absolute atomic E-state index is 0.00775. The maximum atomic E-state index is 10.9. The molecule has 0 bridgehead atoms. The van der Waals surface area contributed by atoms with Gasteiger partial charge < -0.3 is 15.3 Å². The van der Waals surface area contributed by atoms with Crippen molar-refractivity contribution in [3.05, 3.63) is 35.5 Å². The molecule has 0 heterocycles. The fourth-order valence-electron chi connectivity index (χ4n) is 2.87. The van der Waals surface area contributed by atoms with E-state index in [0.29, 0.717) is 17.9 Å². The Bertz CT molecular complexity index is 462. The van der Waals surface area contributed by atoms with Crippen LogP contribution in [-0.4, -0.2) is 33.1 Å². The summed E-state index contributed by atoms with van der Waals surface area (Å²) >= 11 is 0. The predicted molar refractivity (Wildman–Crippen MR) is 96.1 cm³/mol. The number of rotatable bonds is 1. The van der Waals surface area contributed by atoms with Crippen LogP contribution in [0.5, 0.6) is 0 Å². The summed E-state index contributed by atoms with van der Waals surface area (Å²) in [6.07, 6.45) is 9.26. The Hall–Kier alpha value is -0.900. The third-order valence-electron chi connectivity index (χ3n) is 4.86. The van der Waals surface area contributed by atoms with Crippen molar-refractivity contribution in [2.45, 2.75) is 78.1 Å². The van der Waals surface area contributed by atoms with Crippen LogP contribution >= 0.6 is 0 Å². The molecule has 0 aliphatic heterocycles.